The molecule has 3 nitrogen and oxygen atoms in total. The monoisotopic (exact) mass is 293 g/mol. The first kappa shape index (κ1) is 15.4. The van der Waals surface area contributed by atoms with Crippen molar-refractivity contribution in [2.45, 2.75) is 13.3 Å². The molecule has 0 radical (unpaired) electrons. The molecule has 1 amide bonds. The second-order valence-corrected chi connectivity index (χ2v) is 3.98. The SMILES string of the molecule is CC(=O)NCC=Cc1ccc(OC(F)(F)F)c(Cl)c1. The number of hydrogen-bond acceptors (Lipinski definition) is 2. The van der Waals surface area contributed by atoms with Gasteiger partial charge in [0.25, 0.3) is 0 Å². The van der Waals surface area contributed by atoms with Crippen molar-refractivity contribution in [3.05, 3.63) is 34.9 Å². The van der Waals surface area contributed by atoms with Crippen LogP contribution >= 0.6 is 11.6 Å². The van der Waals surface area contributed by atoms with Gasteiger partial charge in [-0.05, 0) is 17.7 Å². The third kappa shape index (κ3) is 6.15. The third-order valence-corrected chi connectivity index (χ3v) is 2.26. The highest BCUT2D eigenvalue weighted by Crippen LogP contribution is 2.30. The molecule has 1 aromatic carbocycles. The molecule has 104 valence electrons. The van der Waals surface area contributed by atoms with Crippen LogP contribution in [-0.4, -0.2) is 18.8 Å². The van der Waals surface area contributed by atoms with Crippen LogP contribution in [0, 0.1) is 0 Å². The van der Waals surface area contributed by atoms with Gasteiger partial charge in [0.15, 0.2) is 0 Å². The van der Waals surface area contributed by atoms with Crippen molar-refractivity contribution in [2.24, 2.45) is 0 Å². The van der Waals surface area contributed by atoms with Gasteiger partial charge in [0.2, 0.25) is 5.91 Å². The summed E-state index contributed by atoms with van der Waals surface area (Å²) < 4.78 is 39.8. The molecule has 19 heavy (non-hydrogen) atoms. The lowest BCUT2D eigenvalue weighted by molar-refractivity contribution is -0.274. The van der Waals surface area contributed by atoms with Gasteiger partial charge in [-0.15, -0.1) is 13.2 Å². The first-order valence-corrected chi connectivity index (χ1v) is 5.62. The van der Waals surface area contributed by atoms with Gasteiger partial charge in [0, 0.05) is 13.5 Å². The minimum atomic E-state index is -4.77. The highest BCUT2D eigenvalue weighted by molar-refractivity contribution is 6.32. The van der Waals surface area contributed by atoms with E-state index in [1.54, 1.807) is 12.2 Å². The number of nitrogens with one attached hydrogen (secondary N) is 1. The Morgan fingerprint density at radius 2 is 2.16 bits per heavy atom. The molecule has 0 unspecified atom stereocenters. The van der Waals surface area contributed by atoms with E-state index in [-0.39, 0.29) is 10.9 Å². The zero-order valence-electron chi connectivity index (χ0n) is 9.92. The van der Waals surface area contributed by atoms with Crippen LogP contribution in [0.1, 0.15) is 12.5 Å². The van der Waals surface area contributed by atoms with Crippen molar-refractivity contribution in [1.82, 2.24) is 5.32 Å². The van der Waals surface area contributed by atoms with Gasteiger partial charge in [-0.3, -0.25) is 4.79 Å². The highest BCUT2D eigenvalue weighted by Gasteiger charge is 2.31. The number of halogens is 4. The largest absolute Gasteiger partial charge is 0.573 e. The minimum Gasteiger partial charge on any atom is -0.404 e. The maximum Gasteiger partial charge on any atom is 0.573 e. The van der Waals surface area contributed by atoms with Crippen LogP contribution < -0.4 is 10.1 Å². The summed E-state index contributed by atoms with van der Waals surface area (Å²) in [6, 6.07) is 3.90. The molecule has 0 aliphatic heterocycles. The van der Waals surface area contributed by atoms with Crippen molar-refractivity contribution >= 4 is 23.6 Å². The first-order valence-electron chi connectivity index (χ1n) is 5.24. The quantitative estimate of drug-likeness (QED) is 0.924. The molecule has 0 aliphatic rings. The van der Waals surface area contributed by atoms with Crippen molar-refractivity contribution in [1.29, 1.82) is 0 Å². The number of ether oxygens (including phenoxy) is 1. The molecule has 0 saturated carbocycles. The summed E-state index contributed by atoms with van der Waals surface area (Å²) >= 11 is 5.67. The third-order valence-electron chi connectivity index (χ3n) is 1.96. The lowest BCUT2D eigenvalue weighted by Crippen LogP contribution is -2.19. The second kappa shape index (κ2) is 6.47. The number of carbonyl (C=O) groups is 1. The smallest absolute Gasteiger partial charge is 0.404 e. The van der Waals surface area contributed by atoms with Gasteiger partial charge in [0.05, 0.1) is 5.02 Å². The molecule has 0 aliphatic carbocycles. The highest BCUT2D eigenvalue weighted by atomic mass is 35.5. The molecule has 0 atom stereocenters. The van der Waals surface area contributed by atoms with Crippen LogP contribution in [0.2, 0.25) is 5.02 Å². The summed E-state index contributed by atoms with van der Waals surface area (Å²) in [5.74, 6) is -0.621. The van der Waals surface area contributed by atoms with Crippen LogP contribution in [0.3, 0.4) is 0 Å². The number of hydrogen-bond donors (Lipinski definition) is 1. The topological polar surface area (TPSA) is 38.3 Å². The van der Waals surface area contributed by atoms with E-state index < -0.39 is 12.1 Å². The molecule has 1 N–H and O–H groups in total. The number of benzene rings is 1. The molecule has 1 rings (SSSR count). The first-order chi connectivity index (χ1) is 8.78. The fraction of sp³-hybridized carbons (Fsp3) is 0.250. The zero-order valence-corrected chi connectivity index (χ0v) is 10.7. The van der Waals surface area contributed by atoms with Crippen LogP contribution in [0.5, 0.6) is 5.75 Å². The normalized spacial score (nSPS) is 11.6. The lowest BCUT2D eigenvalue weighted by atomic mass is 10.2. The Bertz CT molecular complexity index is 486. The Hall–Kier alpha value is -1.69. The molecule has 0 spiro atoms. The van der Waals surface area contributed by atoms with Crippen molar-refractivity contribution in [3.8, 4) is 5.75 Å². The average Bonchev–Trinajstić information content (AvgIpc) is 2.26. The zero-order chi connectivity index (χ0) is 14.5. The van der Waals surface area contributed by atoms with E-state index in [9.17, 15) is 18.0 Å². The number of alkyl halides is 3. The fourth-order valence-corrected chi connectivity index (χ4v) is 1.45. The van der Waals surface area contributed by atoms with E-state index in [1.807, 2.05) is 0 Å². The predicted octanol–water partition coefficient (Wildman–Crippen LogP) is 3.39. The number of rotatable bonds is 4. The Morgan fingerprint density at radius 1 is 1.47 bits per heavy atom. The van der Waals surface area contributed by atoms with Gasteiger partial charge in [-0.25, -0.2) is 0 Å². The van der Waals surface area contributed by atoms with Crippen LogP contribution in [0.15, 0.2) is 24.3 Å². The number of carbonyl (C=O) groups excluding carboxylic acids is 1. The van der Waals surface area contributed by atoms with E-state index in [4.69, 9.17) is 11.6 Å². The van der Waals surface area contributed by atoms with Gasteiger partial charge >= 0.3 is 6.36 Å². The maximum absolute atomic E-state index is 12.0. The van der Waals surface area contributed by atoms with Gasteiger partial charge in [-0.2, -0.15) is 0 Å². The van der Waals surface area contributed by atoms with Crippen LogP contribution in [0.4, 0.5) is 13.2 Å². The fourth-order valence-electron chi connectivity index (χ4n) is 1.23. The van der Waals surface area contributed by atoms with Gasteiger partial charge in [-0.1, -0.05) is 29.8 Å². The van der Waals surface area contributed by atoms with Crippen LogP contribution in [-0.2, 0) is 4.79 Å². The van der Waals surface area contributed by atoms with Crippen molar-refractivity contribution < 1.29 is 22.7 Å². The number of amides is 1. The standard InChI is InChI=1S/C12H11ClF3NO2/c1-8(18)17-6-2-3-9-4-5-11(10(13)7-9)19-12(14,15)16/h2-5,7H,6H2,1H3,(H,17,18). The van der Waals surface area contributed by atoms with E-state index in [1.165, 1.54) is 19.1 Å². The van der Waals surface area contributed by atoms with E-state index >= 15 is 0 Å². The summed E-state index contributed by atoms with van der Waals surface area (Å²) in [6.45, 7) is 1.71. The molecular weight excluding hydrogens is 283 g/mol. The summed E-state index contributed by atoms with van der Waals surface area (Å²) in [7, 11) is 0. The van der Waals surface area contributed by atoms with Gasteiger partial charge < -0.3 is 10.1 Å². The molecule has 7 heteroatoms. The second-order valence-electron chi connectivity index (χ2n) is 3.58. The molecule has 0 fully saturated rings. The molecule has 0 saturated heterocycles. The Morgan fingerprint density at radius 3 is 2.68 bits per heavy atom. The van der Waals surface area contributed by atoms with Crippen molar-refractivity contribution in [2.75, 3.05) is 6.54 Å². The molecule has 0 heterocycles. The maximum atomic E-state index is 12.0. The van der Waals surface area contributed by atoms with E-state index in [0.29, 0.717) is 12.1 Å². The van der Waals surface area contributed by atoms with E-state index in [0.717, 1.165) is 6.07 Å². The molecular formula is C12H11ClF3NO2. The molecule has 1 aromatic rings. The summed E-state index contributed by atoms with van der Waals surface area (Å²) in [6.07, 6.45) is -1.50. The molecule has 0 bridgehead atoms. The average molecular weight is 294 g/mol. The van der Waals surface area contributed by atoms with E-state index in [2.05, 4.69) is 10.1 Å². The Balaban J connectivity index is 2.69. The minimum absolute atomic E-state index is 0.140. The summed E-state index contributed by atoms with van der Waals surface area (Å²) in [4.78, 5) is 10.6. The Labute approximate surface area is 113 Å². The lowest BCUT2D eigenvalue weighted by Gasteiger charge is -2.10. The van der Waals surface area contributed by atoms with Crippen molar-refractivity contribution in [3.63, 3.8) is 0 Å². The predicted molar refractivity (Wildman–Crippen MR) is 65.9 cm³/mol. The van der Waals surface area contributed by atoms with Gasteiger partial charge in [0.1, 0.15) is 5.75 Å². The van der Waals surface area contributed by atoms with Crippen LogP contribution in [0.25, 0.3) is 6.08 Å². The summed E-state index contributed by atoms with van der Waals surface area (Å²) in [5.41, 5.74) is 0.602. The Kier molecular flexibility index (Phi) is 5.23. The summed E-state index contributed by atoms with van der Waals surface area (Å²) in [5, 5.41) is 2.40. The molecule has 0 aromatic heterocycles.